The number of benzene rings is 2. The zero-order chi connectivity index (χ0) is 17.1. The monoisotopic (exact) mass is 328 g/mol. The van der Waals surface area contributed by atoms with Crippen LogP contribution in [0.3, 0.4) is 0 Å². The van der Waals surface area contributed by atoms with Crippen LogP contribution in [0.1, 0.15) is 5.56 Å². The second-order valence-electron chi connectivity index (χ2n) is 5.14. The molecule has 3 rings (SSSR count). The molecule has 0 bridgehead atoms. The van der Waals surface area contributed by atoms with Crippen molar-refractivity contribution < 1.29 is 13.9 Å². The number of fused-ring (bicyclic) bond motifs is 1. The molecule has 0 fully saturated rings. The molecule has 0 spiro atoms. The summed E-state index contributed by atoms with van der Waals surface area (Å²) < 4.78 is 23.5. The predicted molar refractivity (Wildman–Crippen MR) is 90.8 cm³/mol. The Kier molecular flexibility index (Phi) is 4.33. The highest BCUT2D eigenvalue weighted by Crippen LogP contribution is 2.33. The Morgan fingerprint density at radius 1 is 1.04 bits per heavy atom. The number of aromatic nitrogens is 2. The third kappa shape index (κ3) is 3.15. The Morgan fingerprint density at radius 3 is 2.38 bits per heavy atom. The molecular weight excluding hydrogens is 311 g/mol. The average molecular weight is 328 g/mol. The number of nitrogens with two attached hydrogens (primary N) is 1. The summed E-state index contributed by atoms with van der Waals surface area (Å²) in [5.41, 5.74) is 7.57. The average Bonchev–Trinajstić information content (AvgIpc) is 2.60. The lowest BCUT2D eigenvalue weighted by Gasteiger charge is -2.11. The van der Waals surface area contributed by atoms with E-state index in [0.717, 1.165) is 5.56 Å². The molecule has 0 aliphatic heterocycles. The fraction of sp³-hybridized carbons (Fsp3) is 0.176. The molecule has 1 aromatic heterocycles. The second kappa shape index (κ2) is 6.57. The molecule has 0 atom stereocenters. The van der Waals surface area contributed by atoms with Crippen molar-refractivity contribution in [3.8, 4) is 11.5 Å². The number of methoxy groups -OCH3 is 2. The molecule has 6 nitrogen and oxygen atoms in total. The molecule has 2 aromatic carbocycles. The van der Waals surface area contributed by atoms with Crippen molar-refractivity contribution in [2.24, 2.45) is 0 Å². The van der Waals surface area contributed by atoms with Crippen LogP contribution in [0, 0.1) is 5.82 Å². The molecule has 0 saturated carbocycles. The van der Waals surface area contributed by atoms with Gasteiger partial charge in [-0.15, -0.1) is 0 Å². The number of nitrogen functional groups attached to an aromatic ring is 1. The Morgan fingerprint density at radius 2 is 1.71 bits per heavy atom. The Balaban J connectivity index is 1.90. The van der Waals surface area contributed by atoms with Crippen LogP contribution in [0.15, 0.2) is 36.4 Å². The number of halogens is 1. The summed E-state index contributed by atoms with van der Waals surface area (Å²) in [5.74, 6) is 1.57. The van der Waals surface area contributed by atoms with E-state index in [4.69, 9.17) is 15.2 Å². The first-order valence-electron chi connectivity index (χ1n) is 7.28. The van der Waals surface area contributed by atoms with Gasteiger partial charge in [-0.1, -0.05) is 12.1 Å². The van der Waals surface area contributed by atoms with Crippen molar-refractivity contribution in [1.82, 2.24) is 9.97 Å². The molecule has 0 saturated heterocycles. The van der Waals surface area contributed by atoms with Crippen molar-refractivity contribution in [2.45, 2.75) is 6.54 Å². The highest BCUT2D eigenvalue weighted by Gasteiger charge is 2.11. The van der Waals surface area contributed by atoms with Gasteiger partial charge in [0.25, 0.3) is 0 Å². The number of ether oxygens (including phenoxy) is 2. The van der Waals surface area contributed by atoms with E-state index >= 15 is 0 Å². The van der Waals surface area contributed by atoms with Crippen LogP contribution in [0.5, 0.6) is 11.5 Å². The predicted octanol–water partition coefficient (Wildman–Crippen LogP) is 2.98. The third-order valence-corrected chi connectivity index (χ3v) is 3.59. The maximum absolute atomic E-state index is 12.9. The highest BCUT2D eigenvalue weighted by molar-refractivity contribution is 5.91. The van der Waals surface area contributed by atoms with E-state index in [1.165, 1.54) is 12.1 Å². The molecular formula is C17H17FN4O2. The van der Waals surface area contributed by atoms with Gasteiger partial charge in [0.15, 0.2) is 11.5 Å². The van der Waals surface area contributed by atoms with Crippen LogP contribution in [0.25, 0.3) is 10.9 Å². The Labute approximate surface area is 138 Å². The summed E-state index contributed by atoms with van der Waals surface area (Å²) in [5, 5.41) is 3.76. The van der Waals surface area contributed by atoms with Gasteiger partial charge in [0, 0.05) is 18.0 Å². The van der Waals surface area contributed by atoms with Crippen LogP contribution >= 0.6 is 0 Å². The summed E-state index contributed by atoms with van der Waals surface area (Å²) >= 11 is 0. The lowest BCUT2D eigenvalue weighted by molar-refractivity contribution is 0.356. The number of nitrogens with zero attached hydrogens (tertiary/aromatic N) is 2. The molecule has 0 unspecified atom stereocenters. The van der Waals surface area contributed by atoms with Crippen molar-refractivity contribution >= 4 is 22.7 Å². The van der Waals surface area contributed by atoms with Crippen molar-refractivity contribution in [3.05, 3.63) is 47.8 Å². The smallest absolute Gasteiger partial charge is 0.225 e. The maximum Gasteiger partial charge on any atom is 0.225 e. The van der Waals surface area contributed by atoms with E-state index < -0.39 is 0 Å². The van der Waals surface area contributed by atoms with Gasteiger partial charge in [-0.3, -0.25) is 0 Å². The Hall–Kier alpha value is -3.09. The van der Waals surface area contributed by atoms with Gasteiger partial charge >= 0.3 is 0 Å². The van der Waals surface area contributed by atoms with Crippen molar-refractivity contribution in [1.29, 1.82) is 0 Å². The number of rotatable bonds is 5. The molecule has 3 N–H and O–H groups in total. The zero-order valence-corrected chi connectivity index (χ0v) is 13.3. The topological polar surface area (TPSA) is 82.3 Å². The highest BCUT2D eigenvalue weighted by atomic mass is 19.1. The van der Waals surface area contributed by atoms with Gasteiger partial charge in [0.2, 0.25) is 5.95 Å². The maximum atomic E-state index is 12.9. The quantitative estimate of drug-likeness (QED) is 0.749. The van der Waals surface area contributed by atoms with Gasteiger partial charge in [-0.25, -0.2) is 9.37 Å². The summed E-state index contributed by atoms with van der Waals surface area (Å²) in [6.45, 7) is 0.457. The number of nitrogens with one attached hydrogen (secondary N) is 1. The normalized spacial score (nSPS) is 10.6. The van der Waals surface area contributed by atoms with Crippen LogP contribution in [0.2, 0.25) is 0 Å². The molecule has 1 heterocycles. The zero-order valence-electron chi connectivity index (χ0n) is 13.3. The fourth-order valence-corrected chi connectivity index (χ4v) is 2.34. The van der Waals surface area contributed by atoms with Gasteiger partial charge in [-0.2, -0.15) is 4.98 Å². The number of hydrogen-bond acceptors (Lipinski definition) is 6. The van der Waals surface area contributed by atoms with Gasteiger partial charge in [-0.05, 0) is 23.8 Å². The summed E-state index contributed by atoms with van der Waals surface area (Å²) in [6, 6.07) is 9.69. The first-order chi connectivity index (χ1) is 11.6. The largest absolute Gasteiger partial charge is 0.493 e. The molecule has 0 radical (unpaired) electrons. The SMILES string of the molecule is COc1cc2nc(NCc3ccc(F)cc3)nc(N)c2cc1OC. The Bertz CT molecular complexity index is 869. The second-order valence-corrected chi connectivity index (χ2v) is 5.14. The minimum atomic E-state index is -0.272. The minimum Gasteiger partial charge on any atom is -0.493 e. The van der Waals surface area contributed by atoms with Crippen LogP contribution in [-0.4, -0.2) is 24.2 Å². The van der Waals surface area contributed by atoms with E-state index in [1.807, 2.05) is 0 Å². The van der Waals surface area contributed by atoms with Gasteiger partial charge < -0.3 is 20.5 Å². The molecule has 7 heteroatoms. The molecule has 24 heavy (non-hydrogen) atoms. The van der Waals surface area contributed by atoms with Gasteiger partial charge in [0.1, 0.15) is 11.6 Å². The number of hydrogen-bond donors (Lipinski definition) is 2. The lowest BCUT2D eigenvalue weighted by Crippen LogP contribution is -2.06. The number of anilines is 2. The molecule has 0 aliphatic carbocycles. The van der Waals surface area contributed by atoms with E-state index in [0.29, 0.717) is 40.7 Å². The summed E-state index contributed by atoms with van der Waals surface area (Å²) in [4.78, 5) is 8.69. The van der Waals surface area contributed by atoms with Crippen molar-refractivity contribution in [2.75, 3.05) is 25.3 Å². The van der Waals surface area contributed by atoms with E-state index in [9.17, 15) is 4.39 Å². The molecule has 0 aliphatic rings. The summed E-state index contributed by atoms with van der Waals surface area (Å²) in [7, 11) is 3.11. The first kappa shape index (κ1) is 15.8. The van der Waals surface area contributed by atoms with Crippen LogP contribution < -0.4 is 20.5 Å². The molecule has 124 valence electrons. The van der Waals surface area contributed by atoms with Crippen LogP contribution in [-0.2, 0) is 6.54 Å². The lowest BCUT2D eigenvalue weighted by atomic mass is 10.2. The van der Waals surface area contributed by atoms with E-state index in [-0.39, 0.29) is 5.82 Å². The third-order valence-electron chi connectivity index (χ3n) is 3.59. The van der Waals surface area contributed by atoms with E-state index in [2.05, 4.69) is 15.3 Å². The van der Waals surface area contributed by atoms with Crippen molar-refractivity contribution in [3.63, 3.8) is 0 Å². The molecule has 3 aromatic rings. The fourth-order valence-electron chi connectivity index (χ4n) is 2.34. The summed E-state index contributed by atoms with van der Waals surface area (Å²) in [6.07, 6.45) is 0. The standard InChI is InChI=1S/C17H17FN4O2/c1-23-14-7-12-13(8-15(14)24-2)21-17(22-16(12)19)20-9-10-3-5-11(18)6-4-10/h3-8H,9H2,1-2H3,(H3,19,20,21,22). The van der Waals surface area contributed by atoms with Gasteiger partial charge in [0.05, 0.1) is 19.7 Å². The minimum absolute atomic E-state index is 0.272. The first-order valence-corrected chi connectivity index (χ1v) is 7.28. The van der Waals surface area contributed by atoms with Crippen LogP contribution in [0.4, 0.5) is 16.2 Å². The van der Waals surface area contributed by atoms with E-state index in [1.54, 1.807) is 38.5 Å². The molecule has 0 amide bonds.